The molecule has 2 N–H and O–H groups in total. The van der Waals surface area contributed by atoms with E-state index in [0.29, 0.717) is 5.69 Å². The Morgan fingerprint density at radius 1 is 1.08 bits per heavy atom. The Balaban J connectivity index is 1.50. The molecule has 0 atom stereocenters. The van der Waals surface area contributed by atoms with Crippen molar-refractivity contribution in [3.8, 4) is 5.69 Å². The summed E-state index contributed by atoms with van der Waals surface area (Å²) >= 11 is 6.87. The zero-order valence-electron chi connectivity index (χ0n) is 18.6. The fourth-order valence-electron chi connectivity index (χ4n) is 3.13. The molecule has 2 aromatic carbocycles. The summed E-state index contributed by atoms with van der Waals surface area (Å²) in [6.45, 7) is -0.0729. The molecule has 0 saturated carbocycles. The highest BCUT2D eigenvalue weighted by Crippen LogP contribution is 2.34. The lowest BCUT2D eigenvalue weighted by atomic mass is 10.2. The van der Waals surface area contributed by atoms with Crippen LogP contribution in [0.4, 0.5) is 23.2 Å². The van der Waals surface area contributed by atoms with Crippen LogP contribution in [0.5, 0.6) is 0 Å². The standard InChI is InChI=1S/C23H16ClF4N5O3S/c24-16-8-3-13(23(26,27)28)10-17(16)30-20(34)12-37-22-32-31-19(11-29-21(35)18-2-1-9-36-18)33(22)15-6-4-14(25)5-7-15/h1-10H,11-12H2,(H,29,35)(H,30,34). The summed E-state index contributed by atoms with van der Waals surface area (Å²) in [5, 5.41) is 13.3. The summed E-state index contributed by atoms with van der Waals surface area (Å²) in [6, 6.07) is 11.0. The second kappa shape index (κ2) is 11.0. The highest BCUT2D eigenvalue weighted by atomic mass is 35.5. The molecule has 4 rings (SSSR count). The van der Waals surface area contributed by atoms with Crippen LogP contribution in [0.1, 0.15) is 21.9 Å². The van der Waals surface area contributed by atoms with Gasteiger partial charge in [0.05, 0.1) is 34.8 Å². The van der Waals surface area contributed by atoms with Crippen molar-refractivity contribution in [3.05, 3.63) is 88.8 Å². The lowest BCUT2D eigenvalue weighted by Crippen LogP contribution is -2.24. The van der Waals surface area contributed by atoms with Crippen LogP contribution in [-0.2, 0) is 17.5 Å². The van der Waals surface area contributed by atoms with Gasteiger partial charge < -0.3 is 15.1 Å². The third kappa shape index (κ3) is 6.49. The van der Waals surface area contributed by atoms with Crippen molar-refractivity contribution in [3.63, 3.8) is 0 Å². The lowest BCUT2D eigenvalue weighted by molar-refractivity contribution is -0.137. The van der Waals surface area contributed by atoms with Crippen LogP contribution >= 0.6 is 23.4 Å². The first-order valence-corrected chi connectivity index (χ1v) is 11.8. The van der Waals surface area contributed by atoms with Gasteiger partial charge in [0, 0.05) is 5.69 Å². The van der Waals surface area contributed by atoms with E-state index in [2.05, 4.69) is 20.8 Å². The summed E-state index contributed by atoms with van der Waals surface area (Å²) in [7, 11) is 0. The molecule has 4 aromatic rings. The number of thioether (sulfide) groups is 1. The minimum atomic E-state index is -4.60. The predicted octanol–water partition coefficient (Wildman–Crippen LogP) is 5.33. The van der Waals surface area contributed by atoms with Gasteiger partial charge in [0.15, 0.2) is 16.7 Å². The summed E-state index contributed by atoms with van der Waals surface area (Å²) in [5.74, 6) is -1.51. The van der Waals surface area contributed by atoms with Gasteiger partial charge in [0.25, 0.3) is 5.91 Å². The number of hydrogen-bond donors (Lipinski definition) is 2. The van der Waals surface area contributed by atoms with Crippen molar-refractivity contribution in [2.45, 2.75) is 17.9 Å². The normalized spacial score (nSPS) is 11.4. The molecule has 192 valence electrons. The second-order valence-corrected chi connectivity index (χ2v) is 8.75. The molecule has 0 fully saturated rings. The maximum atomic E-state index is 13.5. The molecule has 0 aliphatic carbocycles. The molecule has 8 nitrogen and oxygen atoms in total. The Labute approximate surface area is 216 Å². The largest absolute Gasteiger partial charge is 0.459 e. The topological polar surface area (TPSA) is 102 Å². The van der Waals surface area contributed by atoms with E-state index in [4.69, 9.17) is 16.0 Å². The smallest absolute Gasteiger partial charge is 0.416 e. The summed E-state index contributed by atoms with van der Waals surface area (Å²) in [5.41, 5.74) is -0.696. The van der Waals surface area contributed by atoms with Gasteiger partial charge >= 0.3 is 6.18 Å². The van der Waals surface area contributed by atoms with E-state index >= 15 is 0 Å². The first-order valence-electron chi connectivity index (χ1n) is 10.4. The van der Waals surface area contributed by atoms with E-state index in [1.165, 1.54) is 41.2 Å². The SMILES string of the molecule is O=C(CSc1nnc(CNC(=O)c2ccco2)n1-c1ccc(F)cc1)Nc1cc(C(F)(F)F)ccc1Cl. The Hall–Kier alpha value is -3.84. The predicted molar refractivity (Wildman–Crippen MR) is 127 cm³/mol. The quantitative estimate of drug-likeness (QED) is 0.226. The van der Waals surface area contributed by atoms with E-state index in [1.54, 1.807) is 6.07 Å². The van der Waals surface area contributed by atoms with Gasteiger partial charge in [-0.1, -0.05) is 23.4 Å². The number of aromatic nitrogens is 3. The van der Waals surface area contributed by atoms with Gasteiger partial charge in [-0.15, -0.1) is 10.2 Å². The van der Waals surface area contributed by atoms with E-state index in [-0.39, 0.29) is 39.7 Å². The zero-order valence-corrected chi connectivity index (χ0v) is 20.1. The number of hydrogen-bond acceptors (Lipinski definition) is 6. The molecule has 0 radical (unpaired) electrons. The molecular weight excluding hydrogens is 538 g/mol. The van der Waals surface area contributed by atoms with Crippen LogP contribution < -0.4 is 10.6 Å². The van der Waals surface area contributed by atoms with Crippen molar-refractivity contribution in [1.82, 2.24) is 20.1 Å². The monoisotopic (exact) mass is 553 g/mol. The molecule has 0 aliphatic rings. The summed E-state index contributed by atoms with van der Waals surface area (Å²) in [6.07, 6.45) is -3.25. The third-order valence-electron chi connectivity index (χ3n) is 4.84. The van der Waals surface area contributed by atoms with Gasteiger partial charge in [0.1, 0.15) is 5.82 Å². The van der Waals surface area contributed by atoms with Crippen molar-refractivity contribution < 1.29 is 31.6 Å². The summed E-state index contributed by atoms with van der Waals surface area (Å²) in [4.78, 5) is 24.7. The molecular formula is C23H16ClF4N5O3S. The van der Waals surface area contributed by atoms with Crippen LogP contribution in [0.2, 0.25) is 5.02 Å². The molecule has 0 spiro atoms. The Bertz CT molecular complexity index is 1410. The molecule has 2 amide bonds. The van der Waals surface area contributed by atoms with E-state index < -0.39 is 29.4 Å². The van der Waals surface area contributed by atoms with Crippen LogP contribution in [0.15, 0.2) is 70.4 Å². The first-order chi connectivity index (χ1) is 17.6. The highest BCUT2D eigenvalue weighted by Gasteiger charge is 2.31. The van der Waals surface area contributed by atoms with Gasteiger partial charge in [-0.05, 0) is 54.6 Å². The van der Waals surface area contributed by atoms with Crippen molar-refractivity contribution in [2.24, 2.45) is 0 Å². The lowest BCUT2D eigenvalue weighted by Gasteiger charge is -2.12. The second-order valence-electron chi connectivity index (χ2n) is 7.40. The maximum Gasteiger partial charge on any atom is 0.416 e. The average Bonchev–Trinajstić information content (AvgIpc) is 3.53. The minimum Gasteiger partial charge on any atom is -0.459 e. The first kappa shape index (κ1) is 26.2. The minimum absolute atomic E-state index is 0.0598. The molecule has 14 heteroatoms. The van der Waals surface area contributed by atoms with Gasteiger partial charge in [-0.2, -0.15) is 13.2 Å². The summed E-state index contributed by atoms with van der Waals surface area (Å²) < 4.78 is 59.0. The number of anilines is 1. The number of rotatable bonds is 8. The van der Waals surface area contributed by atoms with Gasteiger partial charge in [-0.3, -0.25) is 14.2 Å². The Kier molecular flexibility index (Phi) is 7.83. The van der Waals surface area contributed by atoms with Gasteiger partial charge in [-0.25, -0.2) is 4.39 Å². The number of alkyl halides is 3. The molecule has 0 saturated heterocycles. The van der Waals surface area contributed by atoms with Crippen LogP contribution in [0, 0.1) is 5.82 Å². The molecule has 2 heterocycles. The van der Waals surface area contributed by atoms with Gasteiger partial charge in [0.2, 0.25) is 5.91 Å². The van der Waals surface area contributed by atoms with Crippen molar-refractivity contribution in [2.75, 3.05) is 11.1 Å². The van der Waals surface area contributed by atoms with Crippen LogP contribution in [0.25, 0.3) is 5.69 Å². The molecule has 2 aromatic heterocycles. The molecule has 37 heavy (non-hydrogen) atoms. The number of carbonyl (C=O) groups excluding carboxylic acids is 2. The number of carbonyl (C=O) groups is 2. The molecule has 0 unspecified atom stereocenters. The number of benzene rings is 2. The molecule has 0 aliphatic heterocycles. The number of halogens is 5. The van der Waals surface area contributed by atoms with E-state index in [1.807, 2.05) is 0 Å². The number of amides is 2. The van der Waals surface area contributed by atoms with Crippen molar-refractivity contribution in [1.29, 1.82) is 0 Å². The number of nitrogens with one attached hydrogen (secondary N) is 2. The van der Waals surface area contributed by atoms with E-state index in [0.717, 1.165) is 30.0 Å². The zero-order chi connectivity index (χ0) is 26.6. The fourth-order valence-corrected chi connectivity index (χ4v) is 4.06. The Morgan fingerprint density at radius 3 is 2.51 bits per heavy atom. The average molecular weight is 554 g/mol. The number of nitrogens with zero attached hydrogens (tertiary/aromatic N) is 3. The Morgan fingerprint density at radius 2 is 1.84 bits per heavy atom. The van der Waals surface area contributed by atoms with Crippen LogP contribution in [0.3, 0.4) is 0 Å². The highest BCUT2D eigenvalue weighted by molar-refractivity contribution is 7.99. The molecule has 0 bridgehead atoms. The van der Waals surface area contributed by atoms with Crippen molar-refractivity contribution >= 4 is 40.9 Å². The third-order valence-corrected chi connectivity index (χ3v) is 6.10. The number of furan rings is 1. The fraction of sp³-hybridized carbons (Fsp3) is 0.130. The van der Waals surface area contributed by atoms with E-state index in [9.17, 15) is 27.2 Å². The maximum absolute atomic E-state index is 13.5. The van der Waals surface area contributed by atoms with Crippen LogP contribution in [-0.4, -0.2) is 32.3 Å².